The standard InChI is InChI=1S/C25H32N12O13P2.2Na/c1-2-45-18-17(12(6-46-51(41,42)35-4-3-28-8-35)49-24(18)36-9-31-13-19(26)29-7-30-20(13)36)50-52(43,44)47-5-11-15(38)16(39)23(48-11)37-10-32-14-21(37)33-25(27)34-22(14)40;;/h3-4,7-12,15-18,23-24,38-39H,2,5-6H2,1H3,(H,41,42)(H,43,44)(H2,26,29,30)(H3,27,33,34,40);;/q;2*+1/p-2/t11-,12-,15-,16-,17-,18-,23-,24-;;/m1../s1. The zero-order chi connectivity index (χ0) is 36.9. The van der Waals surface area contributed by atoms with Crippen LogP contribution in [0.2, 0.25) is 0 Å². The summed E-state index contributed by atoms with van der Waals surface area (Å²) in [6.45, 7) is 0.00430. The number of rotatable bonds is 13. The molecule has 54 heavy (non-hydrogen) atoms. The van der Waals surface area contributed by atoms with Crippen molar-refractivity contribution in [1.29, 1.82) is 0 Å². The number of hydrogen-bond donors (Lipinski definition) is 5. The first-order chi connectivity index (χ1) is 24.8. The Kier molecular flexibility index (Phi) is 13.6. The van der Waals surface area contributed by atoms with Crippen LogP contribution in [0.3, 0.4) is 0 Å². The predicted octanol–water partition coefficient (Wildman–Crippen LogP) is -8.85. The smallest absolute Gasteiger partial charge is 0.761 e. The maximum absolute atomic E-state index is 13.4. The van der Waals surface area contributed by atoms with Crippen molar-refractivity contribution in [2.45, 2.75) is 56.0 Å². The minimum absolute atomic E-state index is 0. The third-order valence-electron chi connectivity index (χ3n) is 8.19. The van der Waals surface area contributed by atoms with E-state index in [2.05, 4.69) is 34.9 Å². The number of H-pyrrole nitrogens is 1. The van der Waals surface area contributed by atoms with Crippen LogP contribution >= 0.6 is 15.6 Å². The van der Waals surface area contributed by atoms with Gasteiger partial charge in [0.15, 0.2) is 35.1 Å². The maximum atomic E-state index is 13.4. The summed E-state index contributed by atoms with van der Waals surface area (Å²) in [5, 5.41) is 21.5. The van der Waals surface area contributed by atoms with Crippen molar-refractivity contribution in [2.24, 2.45) is 0 Å². The summed E-state index contributed by atoms with van der Waals surface area (Å²) in [4.78, 5) is 64.6. The number of aliphatic hydroxyl groups is 2. The quantitative estimate of drug-likeness (QED) is 0.0544. The van der Waals surface area contributed by atoms with Gasteiger partial charge in [0.2, 0.25) is 13.7 Å². The van der Waals surface area contributed by atoms with Crippen LogP contribution in [0.25, 0.3) is 22.3 Å². The van der Waals surface area contributed by atoms with Gasteiger partial charge in [-0.05, 0) is 6.92 Å². The summed E-state index contributed by atoms with van der Waals surface area (Å²) in [5.41, 5.74) is 11.1. The Balaban J connectivity index is 0.00000280. The van der Waals surface area contributed by atoms with E-state index >= 15 is 0 Å². The van der Waals surface area contributed by atoms with Crippen LogP contribution in [0.4, 0.5) is 11.8 Å². The molecular weight excluding hydrogens is 784 g/mol. The van der Waals surface area contributed by atoms with Crippen molar-refractivity contribution in [1.82, 2.24) is 48.4 Å². The van der Waals surface area contributed by atoms with Gasteiger partial charge in [0.05, 0.1) is 25.9 Å². The maximum Gasteiger partial charge on any atom is 1.00 e. The van der Waals surface area contributed by atoms with Gasteiger partial charge in [-0.1, -0.05) is 0 Å². The molecule has 0 aliphatic carbocycles. The van der Waals surface area contributed by atoms with E-state index in [1.165, 1.54) is 23.4 Å². The fourth-order valence-electron chi connectivity index (χ4n) is 5.82. The zero-order valence-electron chi connectivity index (χ0n) is 28.7. The van der Waals surface area contributed by atoms with Crippen molar-refractivity contribution >= 4 is 49.7 Å². The van der Waals surface area contributed by atoms with Gasteiger partial charge < -0.3 is 59.2 Å². The van der Waals surface area contributed by atoms with Crippen molar-refractivity contribution < 1.29 is 116 Å². The summed E-state index contributed by atoms with van der Waals surface area (Å²) in [6, 6.07) is 0. The van der Waals surface area contributed by atoms with E-state index < -0.39 is 83.4 Å². The predicted molar refractivity (Wildman–Crippen MR) is 167 cm³/mol. The molecule has 0 bridgehead atoms. The molecule has 25 nitrogen and oxygen atoms in total. The van der Waals surface area contributed by atoms with E-state index in [0.29, 0.717) is 4.34 Å². The van der Waals surface area contributed by atoms with Crippen LogP contribution in [0, 0.1) is 0 Å². The number of nitrogens with one attached hydrogen (secondary N) is 1. The third-order valence-corrected chi connectivity index (χ3v) is 10.4. The zero-order valence-corrected chi connectivity index (χ0v) is 34.5. The number of aliphatic hydroxyl groups excluding tert-OH is 2. The van der Waals surface area contributed by atoms with Gasteiger partial charge in [-0.25, -0.2) is 24.9 Å². The van der Waals surface area contributed by atoms with Crippen LogP contribution in [-0.4, -0.2) is 115 Å². The Morgan fingerprint density at radius 2 is 1.59 bits per heavy atom. The number of aromatic amines is 1. The number of nitrogens with two attached hydrogens (primary N) is 2. The van der Waals surface area contributed by atoms with Crippen LogP contribution in [0.15, 0.2) is 42.5 Å². The van der Waals surface area contributed by atoms with Gasteiger partial charge in [-0.2, -0.15) is 4.98 Å². The molecule has 0 saturated carbocycles. The number of phosphoric acid groups is 1. The normalized spacial score (nSPS) is 27.7. The number of imidazole rings is 3. The first-order valence-electron chi connectivity index (χ1n) is 15.3. The molecule has 2 fully saturated rings. The van der Waals surface area contributed by atoms with Crippen molar-refractivity contribution in [2.75, 3.05) is 31.3 Å². The first-order valence-corrected chi connectivity index (χ1v) is 18.3. The second-order valence-corrected chi connectivity index (χ2v) is 14.4. The van der Waals surface area contributed by atoms with E-state index in [4.69, 9.17) is 39.2 Å². The molecule has 5 aromatic rings. The number of ether oxygens (including phenoxy) is 3. The number of anilines is 2. The molecule has 2 aliphatic rings. The molecule has 280 valence electrons. The van der Waals surface area contributed by atoms with E-state index in [-0.39, 0.29) is 99.8 Å². The second-order valence-electron chi connectivity index (χ2n) is 11.4. The molecule has 29 heteroatoms. The average molecular weight is 815 g/mol. The number of phosphoric ester groups is 1. The molecule has 0 spiro atoms. The van der Waals surface area contributed by atoms with E-state index in [1.807, 2.05) is 0 Å². The first kappa shape index (κ1) is 42.9. The monoisotopic (exact) mass is 814 g/mol. The van der Waals surface area contributed by atoms with Crippen molar-refractivity contribution in [3.63, 3.8) is 0 Å². The molecule has 2 saturated heterocycles. The summed E-state index contributed by atoms with van der Waals surface area (Å²) < 4.78 is 62.9. The molecule has 0 amide bonds. The Hall–Kier alpha value is -2.23. The Morgan fingerprint density at radius 1 is 0.907 bits per heavy atom. The minimum Gasteiger partial charge on any atom is -0.761 e. The van der Waals surface area contributed by atoms with Gasteiger partial charge in [-0.15, -0.1) is 0 Å². The summed E-state index contributed by atoms with van der Waals surface area (Å²) in [7, 11) is -10.2. The largest absolute Gasteiger partial charge is 1.00 e. The second kappa shape index (κ2) is 17.1. The molecular formula is C25H30N12Na2O13P2. The van der Waals surface area contributed by atoms with Gasteiger partial charge in [0.25, 0.3) is 13.4 Å². The van der Waals surface area contributed by atoms with Gasteiger partial charge >= 0.3 is 59.1 Å². The Labute approximate surface area is 347 Å². The van der Waals surface area contributed by atoms with E-state index in [1.54, 1.807) is 6.92 Å². The minimum atomic E-state index is -5.41. The van der Waals surface area contributed by atoms with Gasteiger partial charge in [0.1, 0.15) is 54.8 Å². The van der Waals surface area contributed by atoms with Crippen LogP contribution in [0.5, 0.6) is 0 Å². The Morgan fingerprint density at radius 3 is 2.30 bits per heavy atom. The third kappa shape index (κ3) is 8.39. The van der Waals surface area contributed by atoms with Crippen LogP contribution in [-0.2, 0) is 36.9 Å². The number of nitrogens with zero attached hydrogens (tertiary/aromatic N) is 9. The molecule has 10 atom stereocenters. The van der Waals surface area contributed by atoms with Crippen LogP contribution in [0.1, 0.15) is 19.4 Å². The molecule has 7 heterocycles. The molecule has 5 aromatic heterocycles. The molecule has 2 unspecified atom stereocenters. The number of nitrogen functional groups attached to an aromatic ring is 2. The summed E-state index contributed by atoms with van der Waals surface area (Å²) in [6.07, 6.45) is -4.78. The fraction of sp³-hybridized carbons (Fsp3) is 0.480. The molecule has 7 N–H and O–H groups in total. The Bertz CT molecular complexity index is 2230. The average Bonchev–Trinajstić information content (AvgIpc) is 3.93. The van der Waals surface area contributed by atoms with Crippen molar-refractivity contribution in [3.8, 4) is 0 Å². The number of fused-ring (bicyclic) bond motifs is 2. The molecule has 7 rings (SSSR count). The molecule has 0 aromatic carbocycles. The summed E-state index contributed by atoms with van der Waals surface area (Å²) in [5.74, 6) is -0.200. The fourth-order valence-corrected chi connectivity index (χ4v) is 7.64. The van der Waals surface area contributed by atoms with Gasteiger partial charge in [-0.3, -0.25) is 32.4 Å². The molecule has 2 aliphatic heterocycles. The topological polar surface area (TPSA) is 353 Å². The van der Waals surface area contributed by atoms with Crippen LogP contribution < -0.4 is 85.9 Å². The van der Waals surface area contributed by atoms with E-state index in [9.17, 15) is 33.9 Å². The SMILES string of the molecule is CCO[C@@H]1[C@H](OP(=O)([O-])OC[C@H]2O[C@@H](n3cnc4c(=O)[nH]c(N)nc43)[C@H](O)[C@@H]2O)[C@@H](COP(=O)([O-])n2ccnc2)O[C@H]1n1cnc2c(N)ncnc21.[Na+].[Na+]. The summed E-state index contributed by atoms with van der Waals surface area (Å²) >= 11 is 0. The van der Waals surface area contributed by atoms with E-state index in [0.717, 1.165) is 23.4 Å². The van der Waals surface area contributed by atoms with Crippen molar-refractivity contribution in [3.05, 3.63) is 48.1 Å². The number of aromatic nitrogens is 10. The van der Waals surface area contributed by atoms with Gasteiger partial charge in [0, 0.05) is 19.0 Å². The molecule has 0 radical (unpaired) electrons. The number of hydrogen-bond acceptors (Lipinski definition) is 21.